The monoisotopic (exact) mass is 258 g/mol. The molecule has 6 nitrogen and oxygen atoms in total. The summed E-state index contributed by atoms with van der Waals surface area (Å²) in [5.74, 6) is 3.07. The molecule has 1 aliphatic rings. The third-order valence-corrected chi connectivity index (χ3v) is 2.96. The van der Waals surface area contributed by atoms with Gasteiger partial charge in [-0.05, 0) is 19.1 Å². The molecule has 6 heteroatoms. The van der Waals surface area contributed by atoms with Crippen LogP contribution in [0, 0.1) is 6.92 Å². The molecular weight excluding hydrogens is 244 g/mol. The van der Waals surface area contributed by atoms with Crippen LogP contribution < -0.4 is 20.1 Å². The first-order valence-electron chi connectivity index (χ1n) is 5.94. The first-order valence-corrected chi connectivity index (χ1v) is 5.94. The van der Waals surface area contributed by atoms with Crippen molar-refractivity contribution in [3.05, 3.63) is 30.1 Å². The van der Waals surface area contributed by atoms with Crippen molar-refractivity contribution in [3.8, 4) is 11.5 Å². The van der Waals surface area contributed by atoms with Crippen molar-refractivity contribution in [2.75, 3.05) is 24.5 Å². The lowest BCUT2D eigenvalue weighted by molar-refractivity contribution is 0.174. The Kier molecular flexibility index (Phi) is 2.83. The van der Waals surface area contributed by atoms with Crippen molar-refractivity contribution in [1.82, 2.24) is 9.97 Å². The minimum Gasteiger partial charge on any atom is -0.454 e. The van der Waals surface area contributed by atoms with Gasteiger partial charge in [0, 0.05) is 24.4 Å². The topological polar surface area (TPSA) is 68.3 Å². The minimum absolute atomic E-state index is 0.273. The van der Waals surface area contributed by atoms with Crippen LogP contribution in [0.15, 0.2) is 24.5 Å². The number of nitrogens with zero attached hydrogens (tertiary/aromatic N) is 2. The molecule has 0 spiro atoms. The SMILES string of the molecule is CNc1ncnc(Nc2ccc3c(c2)OCO3)c1C. The molecule has 2 N–H and O–H groups in total. The zero-order chi connectivity index (χ0) is 13.2. The van der Waals surface area contributed by atoms with Crippen LogP contribution in [0.25, 0.3) is 0 Å². The highest BCUT2D eigenvalue weighted by molar-refractivity contribution is 5.66. The molecule has 2 heterocycles. The number of aromatic nitrogens is 2. The smallest absolute Gasteiger partial charge is 0.231 e. The minimum atomic E-state index is 0.273. The highest BCUT2D eigenvalue weighted by Gasteiger charge is 2.14. The van der Waals surface area contributed by atoms with Crippen LogP contribution in [0.3, 0.4) is 0 Å². The molecule has 2 aromatic rings. The van der Waals surface area contributed by atoms with E-state index < -0.39 is 0 Å². The Morgan fingerprint density at radius 2 is 1.89 bits per heavy atom. The maximum absolute atomic E-state index is 5.34. The quantitative estimate of drug-likeness (QED) is 0.880. The lowest BCUT2D eigenvalue weighted by Crippen LogP contribution is -2.02. The van der Waals surface area contributed by atoms with Crippen molar-refractivity contribution in [1.29, 1.82) is 0 Å². The largest absolute Gasteiger partial charge is 0.454 e. The van der Waals surface area contributed by atoms with Crippen molar-refractivity contribution in [2.24, 2.45) is 0 Å². The summed E-state index contributed by atoms with van der Waals surface area (Å²) < 4.78 is 10.6. The van der Waals surface area contributed by atoms with E-state index in [0.717, 1.165) is 34.4 Å². The normalized spacial score (nSPS) is 12.3. The molecule has 0 aliphatic carbocycles. The predicted octanol–water partition coefficient (Wildman–Crippen LogP) is 2.30. The zero-order valence-electron chi connectivity index (χ0n) is 10.7. The standard InChI is InChI=1S/C13H14N4O2/c1-8-12(14-2)15-6-16-13(8)17-9-3-4-10-11(5-9)19-7-18-10/h3-6H,7H2,1-2H3,(H2,14,15,16,17). The van der Waals surface area contributed by atoms with Crippen molar-refractivity contribution < 1.29 is 9.47 Å². The number of nitrogens with one attached hydrogen (secondary N) is 2. The van der Waals surface area contributed by atoms with Gasteiger partial charge in [0.25, 0.3) is 0 Å². The molecule has 3 rings (SSSR count). The van der Waals surface area contributed by atoms with Crippen LogP contribution in [0.2, 0.25) is 0 Å². The maximum Gasteiger partial charge on any atom is 0.231 e. The molecule has 1 aromatic carbocycles. The second-order valence-corrected chi connectivity index (χ2v) is 4.14. The Bertz CT molecular complexity index is 616. The summed E-state index contributed by atoms with van der Waals surface area (Å²) in [6.45, 7) is 2.23. The van der Waals surface area contributed by atoms with Crippen LogP contribution in [-0.2, 0) is 0 Å². The van der Waals surface area contributed by atoms with E-state index in [4.69, 9.17) is 9.47 Å². The van der Waals surface area contributed by atoms with E-state index in [1.54, 1.807) is 0 Å². The van der Waals surface area contributed by atoms with Crippen LogP contribution in [0.1, 0.15) is 5.56 Å². The fourth-order valence-corrected chi connectivity index (χ4v) is 1.94. The fraction of sp³-hybridized carbons (Fsp3) is 0.231. The fourth-order valence-electron chi connectivity index (χ4n) is 1.94. The van der Waals surface area contributed by atoms with E-state index in [1.807, 2.05) is 32.2 Å². The van der Waals surface area contributed by atoms with Gasteiger partial charge in [0.05, 0.1) is 0 Å². The van der Waals surface area contributed by atoms with Gasteiger partial charge in [-0.2, -0.15) is 0 Å². The number of anilines is 3. The summed E-state index contributed by atoms with van der Waals surface area (Å²) in [6.07, 6.45) is 1.52. The Hall–Kier alpha value is -2.50. The van der Waals surface area contributed by atoms with Crippen LogP contribution in [-0.4, -0.2) is 23.8 Å². The Balaban J connectivity index is 1.89. The summed E-state index contributed by atoms with van der Waals surface area (Å²) in [6, 6.07) is 5.69. The average molecular weight is 258 g/mol. The first-order chi connectivity index (χ1) is 9.28. The zero-order valence-corrected chi connectivity index (χ0v) is 10.7. The summed E-state index contributed by atoms with van der Waals surface area (Å²) in [5, 5.41) is 6.28. The number of fused-ring (bicyclic) bond motifs is 1. The van der Waals surface area contributed by atoms with E-state index in [9.17, 15) is 0 Å². The summed E-state index contributed by atoms with van der Waals surface area (Å²) in [7, 11) is 1.83. The van der Waals surface area contributed by atoms with E-state index in [-0.39, 0.29) is 6.79 Å². The number of hydrogen-bond donors (Lipinski definition) is 2. The molecule has 0 atom stereocenters. The molecule has 0 saturated carbocycles. The molecule has 0 radical (unpaired) electrons. The van der Waals surface area contributed by atoms with Gasteiger partial charge < -0.3 is 20.1 Å². The number of hydrogen-bond acceptors (Lipinski definition) is 6. The summed E-state index contributed by atoms with van der Waals surface area (Å²) in [5.41, 5.74) is 1.86. The molecule has 1 aromatic heterocycles. The number of benzene rings is 1. The van der Waals surface area contributed by atoms with Crippen molar-refractivity contribution >= 4 is 17.3 Å². The van der Waals surface area contributed by atoms with E-state index in [2.05, 4.69) is 20.6 Å². The molecule has 0 bridgehead atoms. The molecule has 98 valence electrons. The molecule has 1 aliphatic heterocycles. The Labute approximate surface area is 110 Å². The number of rotatable bonds is 3. The molecule has 19 heavy (non-hydrogen) atoms. The average Bonchev–Trinajstić information content (AvgIpc) is 2.88. The van der Waals surface area contributed by atoms with Gasteiger partial charge in [0.1, 0.15) is 18.0 Å². The third kappa shape index (κ3) is 2.12. The lowest BCUT2D eigenvalue weighted by atomic mass is 10.2. The van der Waals surface area contributed by atoms with Gasteiger partial charge in [-0.3, -0.25) is 0 Å². The molecule has 0 amide bonds. The van der Waals surface area contributed by atoms with Gasteiger partial charge in [-0.25, -0.2) is 9.97 Å². The second kappa shape index (κ2) is 4.64. The molecule has 0 fully saturated rings. The van der Waals surface area contributed by atoms with Crippen LogP contribution in [0.4, 0.5) is 17.3 Å². The number of ether oxygens (including phenoxy) is 2. The molecule has 0 unspecified atom stereocenters. The second-order valence-electron chi connectivity index (χ2n) is 4.14. The molecular formula is C13H14N4O2. The third-order valence-electron chi connectivity index (χ3n) is 2.96. The van der Waals surface area contributed by atoms with Gasteiger partial charge in [0.2, 0.25) is 6.79 Å². The van der Waals surface area contributed by atoms with E-state index in [1.165, 1.54) is 6.33 Å². The van der Waals surface area contributed by atoms with Crippen molar-refractivity contribution in [2.45, 2.75) is 6.92 Å². The maximum atomic E-state index is 5.34. The first kappa shape index (κ1) is 11.6. The van der Waals surface area contributed by atoms with Crippen molar-refractivity contribution in [3.63, 3.8) is 0 Å². The highest BCUT2D eigenvalue weighted by Crippen LogP contribution is 2.35. The lowest BCUT2D eigenvalue weighted by Gasteiger charge is -2.11. The molecule has 0 saturated heterocycles. The predicted molar refractivity (Wildman–Crippen MR) is 72.2 cm³/mol. The van der Waals surface area contributed by atoms with Gasteiger partial charge in [0.15, 0.2) is 11.5 Å². The summed E-state index contributed by atoms with van der Waals surface area (Å²) >= 11 is 0. The van der Waals surface area contributed by atoms with E-state index >= 15 is 0 Å². The van der Waals surface area contributed by atoms with Crippen LogP contribution in [0.5, 0.6) is 11.5 Å². The van der Waals surface area contributed by atoms with Gasteiger partial charge in [-0.15, -0.1) is 0 Å². The van der Waals surface area contributed by atoms with Crippen LogP contribution >= 0.6 is 0 Å². The van der Waals surface area contributed by atoms with Gasteiger partial charge >= 0.3 is 0 Å². The van der Waals surface area contributed by atoms with Gasteiger partial charge in [-0.1, -0.05) is 0 Å². The Morgan fingerprint density at radius 3 is 2.74 bits per heavy atom. The van der Waals surface area contributed by atoms with E-state index in [0.29, 0.717) is 0 Å². The summed E-state index contributed by atoms with van der Waals surface area (Å²) in [4.78, 5) is 8.39. The highest BCUT2D eigenvalue weighted by atomic mass is 16.7. The Morgan fingerprint density at radius 1 is 1.11 bits per heavy atom.